The van der Waals surface area contributed by atoms with Crippen LogP contribution in [0, 0.1) is 11.6 Å². The number of amides is 2. The zero-order valence-corrected chi connectivity index (χ0v) is 18.9. The van der Waals surface area contributed by atoms with Crippen LogP contribution in [0.15, 0.2) is 66.7 Å². The molecule has 1 atom stereocenters. The van der Waals surface area contributed by atoms with Crippen LogP contribution in [-0.4, -0.2) is 29.4 Å². The predicted molar refractivity (Wildman–Crippen MR) is 125 cm³/mol. The van der Waals surface area contributed by atoms with Crippen LogP contribution in [0.4, 0.5) is 14.5 Å². The van der Waals surface area contributed by atoms with Gasteiger partial charge in [0.15, 0.2) is 6.10 Å². The van der Waals surface area contributed by atoms with Gasteiger partial charge < -0.3 is 15.0 Å². The van der Waals surface area contributed by atoms with Gasteiger partial charge in [-0.25, -0.2) is 8.78 Å². The Bertz CT molecular complexity index is 1160. The summed E-state index contributed by atoms with van der Waals surface area (Å²) < 4.78 is 32.3. The van der Waals surface area contributed by atoms with Crippen LogP contribution < -0.4 is 10.1 Å². The lowest BCUT2D eigenvalue weighted by Crippen LogP contribution is -2.40. The van der Waals surface area contributed by atoms with Crippen LogP contribution >= 0.6 is 0 Å². The van der Waals surface area contributed by atoms with E-state index in [0.29, 0.717) is 42.9 Å². The van der Waals surface area contributed by atoms with E-state index in [1.165, 1.54) is 24.3 Å². The van der Waals surface area contributed by atoms with E-state index in [0.717, 1.165) is 11.1 Å². The molecule has 34 heavy (non-hydrogen) atoms. The van der Waals surface area contributed by atoms with E-state index in [1.54, 1.807) is 41.3 Å². The molecule has 0 saturated carbocycles. The molecule has 1 N–H and O–H groups in total. The van der Waals surface area contributed by atoms with E-state index in [4.69, 9.17) is 4.74 Å². The normalized spacial score (nSPS) is 15.3. The molecule has 176 valence electrons. The van der Waals surface area contributed by atoms with Gasteiger partial charge in [-0.3, -0.25) is 9.59 Å². The summed E-state index contributed by atoms with van der Waals surface area (Å²) in [6, 6.07) is 17.4. The summed E-state index contributed by atoms with van der Waals surface area (Å²) >= 11 is 0. The van der Waals surface area contributed by atoms with Gasteiger partial charge >= 0.3 is 0 Å². The average Bonchev–Trinajstić information content (AvgIpc) is 2.96. The predicted octanol–water partition coefficient (Wildman–Crippen LogP) is 4.89. The molecule has 0 saturated heterocycles. The van der Waals surface area contributed by atoms with Gasteiger partial charge in [-0.1, -0.05) is 31.2 Å². The van der Waals surface area contributed by atoms with Crippen molar-refractivity contribution >= 4 is 17.5 Å². The van der Waals surface area contributed by atoms with Gasteiger partial charge in [0.2, 0.25) is 5.91 Å². The lowest BCUT2D eigenvalue weighted by molar-refractivity contribution is -0.138. The standard InChI is InChI=1S/C27H26F2N2O3/c1-2-24-27(33)31(14-13-18-3-7-21(28)8-4-18)17-20-16-23(11-12-25(20)34-24)30-26(32)15-19-5-9-22(29)10-6-19/h3-12,16,24H,2,13-15,17H2,1H3,(H,30,32)/t24-/m1/s1. The number of carbonyl (C=O) groups excluding carboxylic acids is 2. The third kappa shape index (κ3) is 5.78. The Kier molecular flexibility index (Phi) is 7.21. The van der Waals surface area contributed by atoms with E-state index in [1.807, 2.05) is 13.0 Å². The summed E-state index contributed by atoms with van der Waals surface area (Å²) in [5, 5.41) is 2.86. The summed E-state index contributed by atoms with van der Waals surface area (Å²) in [4.78, 5) is 27.3. The number of rotatable bonds is 7. The molecule has 2 amide bonds. The van der Waals surface area contributed by atoms with E-state index in [2.05, 4.69) is 5.32 Å². The Morgan fingerprint density at radius 1 is 1.00 bits per heavy atom. The van der Waals surface area contributed by atoms with Crippen LogP contribution in [0.25, 0.3) is 0 Å². The Balaban J connectivity index is 1.47. The van der Waals surface area contributed by atoms with Crippen molar-refractivity contribution in [2.24, 2.45) is 0 Å². The molecule has 5 nitrogen and oxygen atoms in total. The molecule has 0 radical (unpaired) electrons. The SMILES string of the molecule is CC[C@H]1Oc2ccc(NC(=O)Cc3ccc(F)cc3)cc2CN(CCc2ccc(F)cc2)C1=O. The van der Waals surface area contributed by atoms with Crippen molar-refractivity contribution in [1.82, 2.24) is 4.90 Å². The summed E-state index contributed by atoms with van der Waals surface area (Å²) in [7, 11) is 0. The van der Waals surface area contributed by atoms with Gasteiger partial charge in [0.1, 0.15) is 17.4 Å². The van der Waals surface area contributed by atoms with Crippen LogP contribution in [0.2, 0.25) is 0 Å². The largest absolute Gasteiger partial charge is 0.480 e. The number of anilines is 1. The number of hydrogen-bond acceptors (Lipinski definition) is 3. The molecule has 0 bridgehead atoms. The molecule has 1 aliphatic heterocycles. The van der Waals surface area contributed by atoms with Crippen molar-refractivity contribution in [3.05, 3.63) is 95.1 Å². The van der Waals surface area contributed by atoms with Crippen LogP contribution in [0.3, 0.4) is 0 Å². The Morgan fingerprint density at radius 2 is 1.65 bits per heavy atom. The van der Waals surface area contributed by atoms with Crippen molar-refractivity contribution in [2.45, 2.75) is 38.8 Å². The second kappa shape index (κ2) is 10.5. The second-order valence-electron chi connectivity index (χ2n) is 8.32. The first-order chi connectivity index (χ1) is 16.4. The zero-order valence-electron chi connectivity index (χ0n) is 18.9. The number of fused-ring (bicyclic) bond motifs is 1. The number of nitrogens with zero attached hydrogens (tertiary/aromatic N) is 1. The van der Waals surface area contributed by atoms with E-state index >= 15 is 0 Å². The van der Waals surface area contributed by atoms with Gasteiger partial charge in [0, 0.05) is 24.3 Å². The molecule has 3 aromatic rings. The Labute approximate surface area is 197 Å². The molecule has 1 aliphatic rings. The minimum atomic E-state index is -0.589. The number of carbonyl (C=O) groups is 2. The van der Waals surface area contributed by atoms with Crippen LogP contribution in [-0.2, 0) is 29.0 Å². The maximum Gasteiger partial charge on any atom is 0.263 e. The molecular weight excluding hydrogens is 438 g/mol. The molecular formula is C27H26F2N2O3. The average molecular weight is 465 g/mol. The Hall–Kier alpha value is -3.74. The van der Waals surface area contributed by atoms with E-state index in [9.17, 15) is 18.4 Å². The minimum Gasteiger partial charge on any atom is -0.480 e. The topological polar surface area (TPSA) is 58.6 Å². The Morgan fingerprint density at radius 3 is 2.29 bits per heavy atom. The maximum atomic E-state index is 13.2. The highest BCUT2D eigenvalue weighted by Gasteiger charge is 2.29. The fourth-order valence-corrected chi connectivity index (χ4v) is 3.94. The molecule has 0 aliphatic carbocycles. The van der Waals surface area contributed by atoms with Crippen LogP contribution in [0.1, 0.15) is 30.0 Å². The van der Waals surface area contributed by atoms with E-state index < -0.39 is 6.10 Å². The fraction of sp³-hybridized carbons (Fsp3) is 0.259. The van der Waals surface area contributed by atoms with Gasteiger partial charge in [-0.2, -0.15) is 0 Å². The minimum absolute atomic E-state index is 0.0947. The van der Waals surface area contributed by atoms with Gasteiger partial charge in [-0.05, 0) is 66.4 Å². The lowest BCUT2D eigenvalue weighted by atomic mass is 10.1. The molecule has 1 heterocycles. The number of halogens is 2. The zero-order chi connectivity index (χ0) is 24.1. The highest BCUT2D eigenvalue weighted by Crippen LogP contribution is 2.29. The molecule has 3 aromatic carbocycles. The van der Waals surface area contributed by atoms with Crippen molar-refractivity contribution in [3.8, 4) is 5.75 Å². The third-order valence-corrected chi connectivity index (χ3v) is 5.79. The lowest BCUT2D eigenvalue weighted by Gasteiger charge is -2.23. The summed E-state index contributed by atoms with van der Waals surface area (Å²) in [6.45, 7) is 2.70. The van der Waals surface area contributed by atoms with Gasteiger partial charge in [0.05, 0.1) is 6.42 Å². The van der Waals surface area contributed by atoms with Gasteiger partial charge in [0.25, 0.3) is 5.91 Å². The monoisotopic (exact) mass is 464 g/mol. The molecule has 0 spiro atoms. The van der Waals surface area contributed by atoms with Crippen molar-refractivity contribution < 1.29 is 23.1 Å². The summed E-state index contributed by atoms with van der Waals surface area (Å²) in [6.07, 6.45) is 0.648. The highest BCUT2D eigenvalue weighted by atomic mass is 19.1. The number of ether oxygens (including phenoxy) is 1. The first-order valence-corrected chi connectivity index (χ1v) is 11.3. The highest BCUT2D eigenvalue weighted by molar-refractivity contribution is 5.92. The summed E-state index contributed by atoms with van der Waals surface area (Å²) in [5.41, 5.74) is 3.04. The number of hydrogen-bond donors (Lipinski definition) is 1. The second-order valence-corrected chi connectivity index (χ2v) is 8.32. The summed E-state index contributed by atoms with van der Waals surface area (Å²) in [5.74, 6) is -0.351. The van der Waals surface area contributed by atoms with Crippen LogP contribution in [0.5, 0.6) is 5.75 Å². The molecule has 0 fully saturated rings. The molecule has 0 unspecified atom stereocenters. The number of benzene rings is 3. The first-order valence-electron chi connectivity index (χ1n) is 11.3. The first kappa shape index (κ1) is 23.4. The van der Waals surface area contributed by atoms with Crippen molar-refractivity contribution in [1.29, 1.82) is 0 Å². The van der Waals surface area contributed by atoms with Gasteiger partial charge in [-0.15, -0.1) is 0 Å². The smallest absolute Gasteiger partial charge is 0.263 e. The quantitative estimate of drug-likeness (QED) is 0.542. The number of nitrogens with one attached hydrogen (secondary N) is 1. The van der Waals surface area contributed by atoms with Crippen molar-refractivity contribution in [3.63, 3.8) is 0 Å². The fourth-order valence-electron chi connectivity index (χ4n) is 3.94. The molecule has 0 aromatic heterocycles. The maximum absolute atomic E-state index is 13.2. The molecule has 7 heteroatoms. The van der Waals surface area contributed by atoms with Crippen molar-refractivity contribution in [2.75, 3.05) is 11.9 Å². The third-order valence-electron chi connectivity index (χ3n) is 5.79. The molecule has 4 rings (SSSR count). The van der Waals surface area contributed by atoms with E-state index in [-0.39, 0.29) is 29.9 Å².